The molecule has 0 fully saturated rings. The van der Waals surface area contributed by atoms with Crippen LogP contribution < -0.4 is 5.46 Å². The van der Waals surface area contributed by atoms with E-state index in [0.29, 0.717) is 11.8 Å². The van der Waals surface area contributed by atoms with E-state index in [1.54, 1.807) is 5.56 Å². The molecule has 1 aliphatic carbocycles. The quantitative estimate of drug-likeness (QED) is 0.646. The monoisotopic (exact) mass is 220 g/mol. The summed E-state index contributed by atoms with van der Waals surface area (Å²) in [4.78, 5) is 0. The topological polar surface area (TPSA) is 0 Å². The molecule has 0 nitrogen and oxygen atoms in total. The van der Waals surface area contributed by atoms with Gasteiger partial charge in [-0.2, -0.15) is 0 Å². The molecule has 1 heteroatoms. The van der Waals surface area contributed by atoms with Crippen LogP contribution in [0.15, 0.2) is 48.5 Å². The Morgan fingerprint density at radius 3 is 2.59 bits per heavy atom. The van der Waals surface area contributed by atoms with Crippen LogP contribution in [0.25, 0.3) is 0 Å². The molecule has 1 aliphatic rings. The van der Waals surface area contributed by atoms with Crippen molar-refractivity contribution in [3.63, 3.8) is 0 Å². The van der Waals surface area contributed by atoms with Crippen LogP contribution in [0.4, 0.5) is 0 Å². The van der Waals surface area contributed by atoms with E-state index >= 15 is 0 Å². The molecule has 0 aliphatic heterocycles. The van der Waals surface area contributed by atoms with Crippen LogP contribution in [0.2, 0.25) is 0 Å². The Balaban J connectivity index is 2.11. The zero-order valence-electron chi connectivity index (χ0n) is 10.5. The highest BCUT2D eigenvalue weighted by atomic mass is 14.3. The molecule has 0 bridgehead atoms. The number of hydrogen-bond acceptors (Lipinski definition) is 0. The normalized spacial score (nSPS) is 22.4. The van der Waals surface area contributed by atoms with E-state index < -0.39 is 0 Å². The Morgan fingerprint density at radius 1 is 1.06 bits per heavy atom. The van der Waals surface area contributed by atoms with Gasteiger partial charge in [0, 0.05) is 5.92 Å². The molecule has 0 saturated heterocycles. The number of fused-ring (bicyclic) bond motifs is 1. The van der Waals surface area contributed by atoms with Crippen LogP contribution in [0, 0.1) is 5.92 Å². The highest BCUT2D eigenvalue weighted by molar-refractivity contribution is 6.32. The van der Waals surface area contributed by atoms with Crippen LogP contribution in [-0.2, 0) is 6.42 Å². The highest BCUT2D eigenvalue weighted by Gasteiger charge is 2.30. The summed E-state index contributed by atoms with van der Waals surface area (Å²) in [6.07, 6.45) is 1.22. The van der Waals surface area contributed by atoms with Gasteiger partial charge in [-0.15, -0.1) is 0 Å². The SMILES string of the molecule is Bc1ccc2c(c1)[C@H](c1ccccc1)[C@@H](C)C2. The highest BCUT2D eigenvalue weighted by Crippen LogP contribution is 2.41. The Hall–Kier alpha value is -1.50. The van der Waals surface area contributed by atoms with Crippen molar-refractivity contribution < 1.29 is 0 Å². The number of rotatable bonds is 1. The van der Waals surface area contributed by atoms with Crippen LogP contribution in [0.1, 0.15) is 29.5 Å². The first-order chi connectivity index (χ1) is 8.25. The van der Waals surface area contributed by atoms with Gasteiger partial charge in [-0.05, 0) is 29.0 Å². The van der Waals surface area contributed by atoms with E-state index in [0.717, 1.165) is 0 Å². The summed E-state index contributed by atoms with van der Waals surface area (Å²) < 4.78 is 0. The fraction of sp³-hybridized carbons (Fsp3) is 0.250. The molecular weight excluding hydrogens is 203 g/mol. The van der Waals surface area contributed by atoms with Crippen LogP contribution in [0.5, 0.6) is 0 Å². The molecule has 2 atom stereocenters. The largest absolute Gasteiger partial charge is 0.139 e. The van der Waals surface area contributed by atoms with Gasteiger partial charge in [0.2, 0.25) is 0 Å². The van der Waals surface area contributed by atoms with Crippen molar-refractivity contribution in [2.24, 2.45) is 5.92 Å². The first kappa shape index (κ1) is 10.6. The average Bonchev–Trinajstić information content (AvgIpc) is 2.65. The van der Waals surface area contributed by atoms with E-state index in [1.807, 2.05) is 0 Å². The second-order valence-electron chi connectivity index (χ2n) is 5.27. The first-order valence-electron chi connectivity index (χ1n) is 6.40. The van der Waals surface area contributed by atoms with Gasteiger partial charge in [0.1, 0.15) is 7.85 Å². The molecule has 2 aromatic carbocycles. The van der Waals surface area contributed by atoms with Gasteiger partial charge in [0.05, 0.1) is 0 Å². The van der Waals surface area contributed by atoms with E-state index in [4.69, 9.17) is 0 Å². The smallest absolute Gasteiger partial charge is 0.0887 e. The standard InChI is InChI=1S/C16H17B/c1-11-9-13-7-8-14(17)10-15(13)16(11)12-5-3-2-4-6-12/h2-8,10-11,16H,9,17H2,1H3/t11-,16-/m0/s1. The molecule has 0 amide bonds. The van der Waals surface area contributed by atoms with Crippen LogP contribution in [-0.4, -0.2) is 7.85 Å². The molecule has 84 valence electrons. The van der Waals surface area contributed by atoms with Crippen molar-refractivity contribution >= 4 is 13.3 Å². The summed E-state index contributed by atoms with van der Waals surface area (Å²) in [5.41, 5.74) is 5.92. The zero-order valence-corrected chi connectivity index (χ0v) is 10.5. The summed E-state index contributed by atoms with van der Waals surface area (Å²) >= 11 is 0. The van der Waals surface area contributed by atoms with E-state index in [9.17, 15) is 0 Å². The first-order valence-corrected chi connectivity index (χ1v) is 6.40. The number of hydrogen-bond donors (Lipinski definition) is 0. The zero-order chi connectivity index (χ0) is 11.8. The minimum absolute atomic E-state index is 0.589. The van der Waals surface area contributed by atoms with Crippen molar-refractivity contribution in [3.8, 4) is 0 Å². The Bertz CT molecular complexity index is 530. The Kier molecular flexibility index (Phi) is 2.55. The lowest BCUT2D eigenvalue weighted by Crippen LogP contribution is -2.08. The van der Waals surface area contributed by atoms with Gasteiger partial charge in [-0.1, -0.05) is 60.9 Å². The molecule has 2 aromatic rings. The fourth-order valence-corrected chi connectivity index (χ4v) is 3.13. The molecule has 0 saturated carbocycles. The summed E-state index contributed by atoms with van der Waals surface area (Å²) in [6, 6.07) is 17.8. The van der Waals surface area contributed by atoms with E-state index in [1.165, 1.54) is 23.0 Å². The molecule has 0 heterocycles. The van der Waals surface area contributed by atoms with Crippen molar-refractivity contribution in [2.45, 2.75) is 19.3 Å². The van der Waals surface area contributed by atoms with Gasteiger partial charge in [-0.3, -0.25) is 0 Å². The van der Waals surface area contributed by atoms with Gasteiger partial charge in [0.15, 0.2) is 0 Å². The van der Waals surface area contributed by atoms with Crippen molar-refractivity contribution in [1.82, 2.24) is 0 Å². The van der Waals surface area contributed by atoms with Crippen molar-refractivity contribution in [1.29, 1.82) is 0 Å². The summed E-state index contributed by atoms with van der Waals surface area (Å²) in [5, 5.41) is 0. The molecule has 0 aromatic heterocycles. The fourth-order valence-electron chi connectivity index (χ4n) is 3.13. The second-order valence-corrected chi connectivity index (χ2v) is 5.27. The van der Waals surface area contributed by atoms with Crippen LogP contribution >= 0.6 is 0 Å². The molecule has 3 rings (SSSR count). The third kappa shape index (κ3) is 1.80. The molecule has 0 N–H and O–H groups in total. The predicted molar refractivity (Wildman–Crippen MR) is 75.8 cm³/mol. The summed E-state index contributed by atoms with van der Waals surface area (Å²) in [5.74, 6) is 1.31. The third-order valence-electron chi connectivity index (χ3n) is 3.91. The van der Waals surface area contributed by atoms with Crippen LogP contribution in [0.3, 0.4) is 0 Å². The lowest BCUT2D eigenvalue weighted by Gasteiger charge is -2.17. The maximum atomic E-state index is 2.37. The predicted octanol–water partition coefficient (Wildman–Crippen LogP) is 2.27. The lowest BCUT2D eigenvalue weighted by atomic mass is 9.84. The Labute approximate surface area is 104 Å². The third-order valence-corrected chi connectivity index (χ3v) is 3.91. The number of benzene rings is 2. The lowest BCUT2D eigenvalue weighted by molar-refractivity contribution is 0.557. The van der Waals surface area contributed by atoms with Gasteiger partial charge < -0.3 is 0 Å². The maximum Gasteiger partial charge on any atom is 0.139 e. The summed E-state index contributed by atoms with van der Waals surface area (Å²) in [7, 11) is 2.19. The van der Waals surface area contributed by atoms with Gasteiger partial charge >= 0.3 is 0 Å². The van der Waals surface area contributed by atoms with E-state index in [2.05, 4.69) is 63.3 Å². The molecule has 0 spiro atoms. The summed E-state index contributed by atoms with van der Waals surface area (Å²) in [6.45, 7) is 2.37. The molecule has 0 radical (unpaired) electrons. The minimum atomic E-state index is 0.589. The minimum Gasteiger partial charge on any atom is -0.0887 e. The Morgan fingerprint density at radius 2 is 1.82 bits per heavy atom. The van der Waals surface area contributed by atoms with Gasteiger partial charge in [0.25, 0.3) is 0 Å². The van der Waals surface area contributed by atoms with E-state index in [-0.39, 0.29) is 0 Å². The maximum absolute atomic E-state index is 2.37. The van der Waals surface area contributed by atoms with Crippen molar-refractivity contribution in [2.75, 3.05) is 0 Å². The molecule has 0 unspecified atom stereocenters. The average molecular weight is 220 g/mol. The second kappa shape index (κ2) is 4.07. The van der Waals surface area contributed by atoms with Gasteiger partial charge in [-0.25, -0.2) is 0 Å². The molecular formula is C16H17B. The van der Waals surface area contributed by atoms with Crippen molar-refractivity contribution in [3.05, 3.63) is 65.2 Å². The molecule has 17 heavy (non-hydrogen) atoms.